The predicted octanol–water partition coefficient (Wildman–Crippen LogP) is 4.77. The average Bonchev–Trinajstić information content (AvgIpc) is 2.35. The number of carbonyl (C=O) groups is 1. The van der Waals surface area contributed by atoms with Gasteiger partial charge in [0.1, 0.15) is 4.33 Å². The van der Waals surface area contributed by atoms with E-state index in [0.29, 0.717) is 5.56 Å². The minimum absolute atomic E-state index is 0.0481. The van der Waals surface area contributed by atoms with Gasteiger partial charge in [0.05, 0.1) is 0 Å². The van der Waals surface area contributed by atoms with Crippen molar-refractivity contribution in [3.05, 3.63) is 35.4 Å². The van der Waals surface area contributed by atoms with E-state index in [1.807, 2.05) is 45.0 Å². The lowest BCUT2D eigenvalue weighted by molar-refractivity contribution is 0.0961. The third-order valence-corrected chi connectivity index (χ3v) is 3.82. The van der Waals surface area contributed by atoms with E-state index in [4.69, 9.17) is 23.2 Å². The van der Waals surface area contributed by atoms with Crippen molar-refractivity contribution in [3.63, 3.8) is 0 Å². The number of nitrogens with one attached hydrogen (secondary N) is 1. The quantitative estimate of drug-likeness (QED) is 0.601. The van der Waals surface area contributed by atoms with Crippen molar-refractivity contribution < 1.29 is 4.79 Å². The number of aryl methyl sites for hydroxylation is 1. The van der Waals surface area contributed by atoms with Crippen LogP contribution in [0.4, 0.5) is 0 Å². The van der Waals surface area contributed by atoms with Crippen LogP contribution in [-0.2, 0) is 6.42 Å². The van der Waals surface area contributed by atoms with Crippen molar-refractivity contribution in [1.29, 1.82) is 0 Å². The topological polar surface area (TPSA) is 29.1 Å². The Hall–Kier alpha value is -0.570. The first-order chi connectivity index (χ1) is 9.53. The average molecular weight is 330 g/mol. The molecule has 2 nitrogen and oxygen atoms in total. The number of halogens is 2. The summed E-state index contributed by atoms with van der Waals surface area (Å²) in [5, 5.41) is 3.33. The van der Waals surface area contributed by atoms with Gasteiger partial charge in [-0.15, -0.1) is 23.2 Å². The van der Waals surface area contributed by atoms with Crippen LogP contribution in [0.5, 0.6) is 0 Å². The van der Waals surface area contributed by atoms with Crippen LogP contribution in [0.2, 0.25) is 0 Å². The lowest BCUT2D eigenvalue weighted by Crippen LogP contribution is -2.51. The Morgan fingerprint density at radius 2 is 1.67 bits per heavy atom. The minimum atomic E-state index is -1.01. The molecule has 0 aliphatic heterocycles. The van der Waals surface area contributed by atoms with Gasteiger partial charge < -0.3 is 5.32 Å². The smallest absolute Gasteiger partial charge is 0.164 e. The maximum absolute atomic E-state index is 12.4. The zero-order valence-electron chi connectivity index (χ0n) is 13.5. The van der Waals surface area contributed by atoms with Crippen LogP contribution in [0, 0.1) is 0 Å². The van der Waals surface area contributed by atoms with Gasteiger partial charge in [-0.1, -0.05) is 31.2 Å². The summed E-state index contributed by atoms with van der Waals surface area (Å²) in [6.07, 6.45) is 1.23. The molecular formula is C17H25Cl2NO. The molecule has 0 aliphatic rings. The van der Waals surface area contributed by atoms with Gasteiger partial charge in [0.2, 0.25) is 0 Å². The molecular weight excluding hydrogens is 305 g/mol. The molecule has 4 heteroatoms. The Balaban J connectivity index is 2.84. The van der Waals surface area contributed by atoms with E-state index >= 15 is 0 Å². The predicted molar refractivity (Wildman–Crippen MR) is 91.6 cm³/mol. The van der Waals surface area contributed by atoms with Crippen LogP contribution in [0.3, 0.4) is 0 Å². The summed E-state index contributed by atoms with van der Waals surface area (Å²) in [6.45, 7) is 9.89. The number of Topliss-reactive ketones (excluding diaryl/α,β-unsaturated/α-hetero) is 1. The van der Waals surface area contributed by atoms with Crippen molar-refractivity contribution >= 4 is 29.0 Å². The Kier molecular flexibility index (Phi) is 6.27. The highest BCUT2D eigenvalue weighted by molar-refractivity contribution is 6.48. The van der Waals surface area contributed by atoms with Gasteiger partial charge in [-0.05, 0) is 39.7 Å². The highest BCUT2D eigenvalue weighted by atomic mass is 35.5. The van der Waals surface area contributed by atoms with Crippen LogP contribution < -0.4 is 5.32 Å². The summed E-state index contributed by atoms with van der Waals surface area (Å²) in [6, 6.07) is 7.41. The molecule has 0 bridgehead atoms. The number of alkyl halides is 2. The maximum Gasteiger partial charge on any atom is 0.164 e. The fraction of sp³-hybridized carbons (Fsp3) is 0.588. The van der Waals surface area contributed by atoms with Crippen LogP contribution in [0.1, 0.15) is 57.0 Å². The number of benzene rings is 1. The molecule has 0 fully saturated rings. The highest BCUT2D eigenvalue weighted by Crippen LogP contribution is 2.29. The standard InChI is InChI=1S/C17H25Cl2NO/c1-6-12-7-9-13(10-8-12)14(21)11-15(17(5,18)19)20-16(2,3)4/h7-10,15,20H,6,11H2,1-5H3. The van der Waals surface area contributed by atoms with E-state index in [1.165, 1.54) is 5.56 Å². The van der Waals surface area contributed by atoms with Crippen LogP contribution in [0.15, 0.2) is 24.3 Å². The fourth-order valence-corrected chi connectivity index (χ4v) is 2.37. The van der Waals surface area contributed by atoms with Gasteiger partial charge in [-0.2, -0.15) is 0 Å². The Morgan fingerprint density at radius 3 is 2.05 bits per heavy atom. The largest absolute Gasteiger partial charge is 0.306 e. The van der Waals surface area contributed by atoms with E-state index in [2.05, 4.69) is 12.2 Å². The molecule has 1 rings (SSSR count). The monoisotopic (exact) mass is 329 g/mol. The number of hydrogen-bond donors (Lipinski definition) is 1. The van der Waals surface area contributed by atoms with Gasteiger partial charge in [-0.25, -0.2) is 0 Å². The second-order valence-corrected chi connectivity index (χ2v) is 8.34. The molecule has 1 aromatic rings. The first-order valence-corrected chi connectivity index (χ1v) is 8.06. The third-order valence-electron chi connectivity index (χ3n) is 3.29. The molecule has 1 aromatic carbocycles. The van der Waals surface area contributed by atoms with Crippen molar-refractivity contribution in [2.24, 2.45) is 0 Å². The minimum Gasteiger partial charge on any atom is -0.306 e. The fourth-order valence-electron chi connectivity index (χ4n) is 2.11. The summed E-state index contributed by atoms with van der Waals surface area (Å²) in [5.41, 5.74) is 1.75. The summed E-state index contributed by atoms with van der Waals surface area (Å²) < 4.78 is -1.01. The number of carbonyl (C=O) groups excluding carboxylic acids is 1. The molecule has 0 aliphatic carbocycles. The van der Waals surface area contributed by atoms with E-state index < -0.39 is 4.33 Å². The van der Waals surface area contributed by atoms with Gasteiger partial charge in [0, 0.05) is 23.6 Å². The molecule has 1 unspecified atom stereocenters. The van der Waals surface area contributed by atoms with Crippen LogP contribution in [-0.4, -0.2) is 21.7 Å². The molecule has 0 aromatic heterocycles. The molecule has 0 saturated heterocycles. The summed E-state index contributed by atoms with van der Waals surface area (Å²) in [5.74, 6) is 0.0481. The normalized spacial score (nSPS) is 14.0. The Bertz CT molecular complexity index is 469. The van der Waals surface area contributed by atoms with Crippen LogP contribution >= 0.6 is 23.2 Å². The summed E-state index contributed by atoms with van der Waals surface area (Å²) in [4.78, 5) is 12.4. The SMILES string of the molecule is CCc1ccc(C(=O)CC(NC(C)(C)C)C(C)(Cl)Cl)cc1. The van der Waals surface area contributed by atoms with E-state index in [9.17, 15) is 4.79 Å². The van der Waals surface area contributed by atoms with Gasteiger partial charge in [-0.3, -0.25) is 4.79 Å². The molecule has 1 atom stereocenters. The van der Waals surface area contributed by atoms with Gasteiger partial charge in [0.25, 0.3) is 0 Å². The van der Waals surface area contributed by atoms with Crippen molar-refractivity contribution in [2.45, 2.75) is 63.4 Å². The van der Waals surface area contributed by atoms with Crippen molar-refractivity contribution in [3.8, 4) is 0 Å². The van der Waals surface area contributed by atoms with E-state index in [-0.39, 0.29) is 23.8 Å². The second-order valence-electron chi connectivity index (χ2n) is 6.58. The van der Waals surface area contributed by atoms with Crippen molar-refractivity contribution in [2.75, 3.05) is 0 Å². The van der Waals surface area contributed by atoms with Crippen molar-refractivity contribution in [1.82, 2.24) is 5.32 Å². The lowest BCUT2D eigenvalue weighted by atomic mass is 9.97. The molecule has 0 radical (unpaired) electrons. The van der Waals surface area contributed by atoms with Gasteiger partial charge in [0.15, 0.2) is 5.78 Å². The van der Waals surface area contributed by atoms with E-state index in [1.54, 1.807) is 6.92 Å². The zero-order chi connectivity index (χ0) is 16.3. The lowest BCUT2D eigenvalue weighted by Gasteiger charge is -2.34. The number of ketones is 1. The summed E-state index contributed by atoms with van der Waals surface area (Å²) in [7, 11) is 0. The number of rotatable bonds is 6. The molecule has 118 valence electrons. The second kappa shape index (κ2) is 7.13. The molecule has 1 N–H and O–H groups in total. The molecule has 0 spiro atoms. The Morgan fingerprint density at radius 1 is 1.14 bits per heavy atom. The van der Waals surface area contributed by atoms with Crippen LogP contribution in [0.25, 0.3) is 0 Å². The first-order valence-electron chi connectivity index (χ1n) is 7.30. The van der Waals surface area contributed by atoms with Gasteiger partial charge >= 0.3 is 0 Å². The molecule has 0 saturated carbocycles. The zero-order valence-corrected chi connectivity index (χ0v) is 15.0. The maximum atomic E-state index is 12.4. The third kappa shape index (κ3) is 6.37. The molecule has 0 heterocycles. The summed E-state index contributed by atoms with van der Waals surface area (Å²) >= 11 is 12.5. The molecule has 0 amide bonds. The molecule has 21 heavy (non-hydrogen) atoms. The Labute approximate surface area is 138 Å². The highest BCUT2D eigenvalue weighted by Gasteiger charge is 2.34. The first kappa shape index (κ1) is 18.5. The van der Waals surface area contributed by atoms with E-state index in [0.717, 1.165) is 6.42 Å². The number of hydrogen-bond acceptors (Lipinski definition) is 2.